The van der Waals surface area contributed by atoms with Crippen LogP contribution in [0.2, 0.25) is 0 Å². The van der Waals surface area contributed by atoms with E-state index in [4.69, 9.17) is 0 Å². The van der Waals surface area contributed by atoms with Gasteiger partial charge in [0, 0.05) is 30.6 Å². The smallest absolute Gasteiger partial charge is 0.254 e. The fourth-order valence-corrected chi connectivity index (χ4v) is 5.39. The number of piperidine rings is 1. The zero-order valence-corrected chi connectivity index (χ0v) is 18.1. The lowest BCUT2D eigenvalue weighted by Crippen LogP contribution is -2.48. The molecule has 1 unspecified atom stereocenters. The second kappa shape index (κ2) is 8.05. The number of carbonyl (C=O) groups is 1. The Morgan fingerprint density at radius 1 is 1.00 bits per heavy atom. The minimum absolute atomic E-state index is 0. The number of fused-ring (bicyclic) bond motifs is 3. The zero-order valence-electron chi connectivity index (χ0n) is 17.3. The Balaban J connectivity index is 0.00000218. The largest absolute Gasteiger partial charge is 0.349 e. The maximum atomic E-state index is 14.9. The highest BCUT2D eigenvalue weighted by atomic mass is 35.5. The lowest BCUT2D eigenvalue weighted by molar-refractivity contribution is 0.0884. The number of nitrogens with one attached hydrogen (secondary N) is 1. The van der Waals surface area contributed by atoms with Gasteiger partial charge in [-0.3, -0.25) is 4.79 Å². The molecule has 1 aromatic heterocycles. The molecule has 0 radical (unpaired) electrons. The lowest BCUT2D eigenvalue weighted by atomic mass is 9.97. The van der Waals surface area contributed by atoms with E-state index in [0.717, 1.165) is 29.6 Å². The van der Waals surface area contributed by atoms with E-state index in [1.54, 1.807) is 6.07 Å². The van der Waals surface area contributed by atoms with E-state index in [-0.39, 0.29) is 30.2 Å². The van der Waals surface area contributed by atoms with Gasteiger partial charge in [-0.05, 0) is 50.4 Å². The number of halogens is 2. The second-order valence-electron chi connectivity index (χ2n) is 8.47. The number of carbonyl (C=O) groups excluding carboxylic acids is 1. The minimum Gasteiger partial charge on any atom is -0.349 e. The Hall–Kier alpha value is -2.37. The maximum Gasteiger partial charge on any atom is 0.254 e. The lowest BCUT2D eigenvalue weighted by Gasteiger charge is -2.36. The molecule has 3 heterocycles. The Labute approximate surface area is 182 Å². The number of amides is 1. The van der Waals surface area contributed by atoms with Gasteiger partial charge in [0.05, 0.1) is 16.8 Å². The number of nitrogens with zero attached hydrogens (tertiary/aromatic N) is 2. The van der Waals surface area contributed by atoms with Crippen LogP contribution in [0.25, 0.3) is 22.2 Å². The summed E-state index contributed by atoms with van der Waals surface area (Å²) in [6.07, 6.45) is 4.33. The van der Waals surface area contributed by atoms with Crippen molar-refractivity contribution in [1.29, 1.82) is 0 Å². The van der Waals surface area contributed by atoms with E-state index in [2.05, 4.69) is 17.3 Å². The van der Waals surface area contributed by atoms with Crippen molar-refractivity contribution in [3.8, 4) is 11.3 Å². The highest BCUT2D eigenvalue weighted by Crippen LogP contribution is 2.37. The number of aryl methyl sites for hydroxylation is 1. The molecular weight excluding hydrogens is 401 g/mol. The zero-order chi connectivity index (χ0) is 20.1. The molecule has 1 amide bonds. The average molecular weight is 428 g/mol. The van der Waals surface area contributed by atoms with E-state index < -0.39 is 0 Å². The molecular formula is C24H27ClFN3O. The first-order valence-electron chi connectivity index (χ1n) is 10.4. The molecule has 3 aromatic rings. The van der Waals surface area contributed by atoms with Crippen molar-refractivity contribution in [2.75, 3.05) is 7.05 Å². The molecule has 158 valence electrons. The first kappa shape index (κ1) is 20.9. The summed E-state index contributed by atoms with van der Waals surface area (Å²) in [5.41, 5.74) is 2.86. The van der Waals surface area contributed by atoms with Gasteiger partial charge in [-0.25, -0.2) is 4.39 Å². The molecule has 2 aliphatic heterocycles. The molecule has 2 aliphatic rings. The van der Waals surface area contributed by atoms with E-state index in [9.17, 15) is 9.18 Å². The monoisotopic (exact) mass is 427 g/mol. The normalized spacial score (nSPS) is 23.4. The summed E-state index contributed by atoms with van der Waals surface area (Å²) in [6, 6.07) is 16.0. The van der Waals surface area contributed by atoms with E-state index in [1.807, 2.05) is 48.0 Å². The summed E-state index contributed by atoms with van der Waals surface area (Å²) < 4.78 is 16.8. The van der Waals surface area contributed by atoms with Gasteiger partial charge < -0.3 is 14.8 Å². The van der Waals surface area contributed by atoms with E-state index in [0.29, 0.717) is 23.0 Å². The first-order valence-corrected chi connectivity index (χ1v) is 10.4. The number of hydrogen-bond donors (Lipinski definition) is 1. The van der Waals surface area contributed by atoms with Crippen LogP contribution in [-0.4, -0.2) is 40.5 Å². The number of hydrogen-bond acceptors (Lipinski definition) is 2. The van der Waals surface area contributed by atoms with Crippen LogP contribution in [0.5, 0.6) is 0 Å². The van der Waals surface area contributed by atoms with Crippen molar-refractivity contribution >= 4 is 29.2 Å². The molecule has 1 N–H and O–H groups in total. The van der Waals surface area contributed by atoms with Gasteiger partial charge in [-0.15, -0.1) is 12.4 Å². The van der Waals surface area contributed by atoms with Gasteiger partial charge in [0.25, 0.3) is 5.91 Å². The van der Waals surface area contributed by atoms with Gasteiger partial charge in [0.1, 0.15) is 5.82 Å². The number of aromatic nitrogens is 1. The van der Waals surface area contributed by atoms with Gasteiger partial charge in [0.2, 0.25) is 0 Å². The highest BCUT2D eigenvalue weighted by Gasteiger charge is 2.39. The van der Waals surface area contributed by atoms with Crippen molar-refractivity contribution < 1.29 is 9.18 Å². The molecule has 2 bridgehead atoms. The Kier molecular flexibility index (Phi) is 5.60. The Morgan fingerprint density at radius 3 is 2.33 bits per heavy atom. The highest BCUT2D eigenvalue weighted by molar-refractivity contribution is 6.13. The number of benzene rings is 2. The Morgan fingerprint density at radius 2 is 1.67 bits per heavy atom. The van der Waals surface area contributed by atoms with Crippen LogP contribution in [0.15, 0.2) is 48.5 Å². The first-order chi connectivity index (χ1) is 14.0. The SMILES string of the molecule is CN1[C@@H]2CC[C@H]1CC(NC(=O)c1c(-c3ccccc3)n(C)c3cccc(F)c13)C2.Cl. The summed E-state index contributed by atoms with van der Waals surface area (Å²) in [7, 11) is 4.09. The molecule has 3 atom stereocenters. The van der Waals surface area contributed by atoms with Crippen LogP contribution in [0.3, 0.4) is 0 Å². The molecule has 0 spiro atoms. The van der Waals surface area contributed by atoms with Gasteiger partial charge in [-0.2, -0.15) is 0 Å². The Bertz CT molecular complexity index is 1070. The third-order valence-electron chi connectivity index (χ3n) is 6.88. The average Bonchev–Trinajstić information content (AvgIpc) is 3.11. The van der Waals surface area contributed by atoms with Crippen LogP contribution in [-0.2, 0) is 7.05 Å². The molecule has 30 heavy (non-hydrogen) atoms. The van der Waals surface area contributed by atoms with Crippen molar-refractivity contribution in [2.24, 2.45) is 7.05 Å². The molecule has 0 aliphatic carbocycles. The minimum atomic E-state index is -0.353. The number of rotatable bonds is 3. The molecule has 5 rings (SSSR count). The summed E-state index contributed by atoms with van der Waals surface area (Å²) in [5.74, 6) is -0.526. The van der Waals surface area contributed by atoms with Gasteiger partial charge >= 0.3 is 0 Å². The standard InChI is InChI=1S/C24H26FN3O.ClH/c1-27-17-11-12-18(27)14-16(13-17)26-24(29)22-21-19(25)9-6-10-20(21)28(2)23(22)15-7-4-3-5-8-15;/h3-10,16-18H,11-14H2,1-2H3,(H,26,29);1H/t16?,17-,18+;. The van der Waals surface area contributed by atoms with Crippen molar-refractivity contribution in [3.63, 3.8) is 0 Å². The molecule has 4 nitrogen and oxygen atoms in total. The molecule has 0 saturated carbocycles. The summed E-state index contributed by atoms with van der Waals surface area (Å²) in [4.78, 5) is 16.0. The quantitative estimate of drug-likeness (QED) is 0.654. The topological polar surface area (TPSA) is 37.3 Å². The maximum absolute atomic E-state index is 14.9. The summed E-state index contributed by atoms with van der Waals surface area (Å²) in [5, 5.41) is 3.66. The molecule has 2 aromatic carbocycles. The van der Waals surface area contributed by atoms with Crippen molar-refractivity contribution in [2.45, 2.75) is 43.8 Å². The van der Waals surface area contributed by atoms with Crippen molar-refractivity contribution in [3.05, 3.63) is 59.9 Å². The fourth-order valence-electron chi connectivity index (χ4n) is 5.39. The summed E-state index contributed by atoms with van der Waals surface area (Å²) >= 11 is 0. The van der Waals surface area contributed by atoms with Crippen LogP contribution in [0.4, 0.5) is 4.39 Å². The van der Waals surface area contributed by atoms with Crippen LogP contribution in [0.1, 0.15) is 36.0 Å². The molecule has 6 heteroatoms. The van der Waals surface area contributed by atoms with Crippen LogP contribution in [0, 0.1) is 5.82 Å². The fraction of sp³-hybridized carbons (Fsp3) is 0.375. The third-order valence-corrected chi connectivity index (χ3v) is 6.88. The van der Waals surface area contributed by atoms with Gasteiger partial charge in [-0.1, -0.05) is 36.4 Å². The van der Waals surface area contributed by atoms with E-state index in [1.165, 1.54) is 18.9 Å². The second-order valence-corrected chi connectivity index (χ2v) is 8.47. The van der Waals surface area contributed by atoms with Crippen LogP contribution >= 0.6 is 12.4 Å². The van der Waals surface area contributed by atoms with E-state index >= 15 is 0 Å². The predicted molar refractivity (Wildman–Crippen MR) is 121 cm³/mol. The predicted octanol–water partition coefficient (Wildman–Crippen LogP) is 4.76. The third kappa shape index (κ3) is 3.30. The van der Waals surface area contributed by atoms with Crippen molar-refractivity contribution in [1.82, 2.24) is 14.8 Å². The molecule has 2 saturated heterocycles. The van der Waals surface area contributed by atoms with Gasteiger partial charge in [0.15, 0.2) is 0 Å². The summed E-state index contributed by atoms with van der Waals surface area (Å²) in [6.45, 7) is 0. The van der Waals surface area contributed by atoms with Crippen LogP contribution < -0.4 is 5.32 Å². The molecule has 2 fully saturated rings.